The molecule has 4 N–H and O–H groups in total. The molecular formula is C50H68N6O4. The third-order valence-corrected chi connectivity index (χ3v) is 15.0. The van der Waals surface area contributed by atoms with Crippen LogP contribution < -0.4 is 30.7 Å². The average Bonchev–Trinajstić information content (AvgIpc) is 4.04. The van der Waals surface area contributed by atoms with E-state index in [9.17, 15) is 9.59 Å². The van der Waals surface area contributed by atoms with Crippen molar-refractivity contribution in [3.8, 4) is 11.5 Å². The Labute approximate surface area is 357 Å². The van der Waals surface area contributed by atoms with Crippen LogP contribution in [-0.2, 0) is 0 Å². The lowest BCUT2D eigenvalue weighted by atomic mass is 9.84. The number of ether oxygens (including phenoxy) is 2. The maximum absolute atomic E-state index is 12.7. The topological polar surface area (TPSA) is 107 Å². The zero-order valence-electron chi connectivity index (χ0n) is 35.6. The number of nitrogens with zero attached hydrogens (tertiary/aromatic N) is 2. The molecule has 3 aromatic carbocycles. The second-order valence-electron chi connectivity index (χ2n) is 18.6. The Morgan fingerprint density at radius 3 is 1.20 bits per heavy atom. The van der Waals surface area contributed by atoms with Gasteiger partial charge >= 0.3 is 12.1 Å². The molecule has 3 aromatic rings. The van der Waals surface area contributed by atoms with Crippen LogP contribution in [0, 0.1) is 11.8 Å². The molecule has 4 atom stereocenters. The quantitative estimate of drug-likeness (QED) is 0.0954. The van der Waals surface area contributed by atoms with Gasteiger partial charge in [0.05, 0.1) is 13.2 Å². The van der Waals surface area contributed by atoms with Gasteiger partial charge in [-0.15, -0.1) is 0 Å². The number of carbonyl (C=O) groups excluding carboxylic acids is 2. The summed E-state index contributed by atoms with van der Waals surface area (Å²) in [5.74, 6) is 2.90. The van der Waals surface area contributed by atoms with Gasteiger partial charge in [-0.2, -0.15) is 0 Å². The van der Waals surface area contributed by atoms with E-state index in [0.717, 1.165) is 37.5 Å². The summed E-state index contributed by atoms with van der Waals surface area (Å²) < 4.78 is 12.1. The predicted molar refractivity (Wildman–Crippen MR) is 236 cm³/mol. The van der Waals surface area contributed by atoms with Gasteiger partial charge < -0.3 is 30.7 Å². The van der Waals surface area contributed by atoms with E-state index < -0.39 is 0 Å². The summed E-state index contributed by atoms with van der Waals surface area (Å²) in [6.07, 6.45) is 18.2. The van der Waals surface area contributed by atoms with Crippen molar-refractivity contribution in [2.45, 2.75) is 139 Å². The number of hydrogen-bond donors (Lipinski definition) is 4. The van der Waals surface area contributed by atoms with Gasteiger partial charge in [-0.05, 0) is 162 Å². The third kappa shape index (κ3) is 9.60. The monoisotopic (exact) mass is 817 g/mol. The SMILES string of the molecule is O=C(NCCCOc1ccccc1OCCCNC(=O)NC1CCC(CCN2[C@@H]3CC[C@H]2c2ccccc23)CC1)NC1CCC(CCN2[C@@H]3CC[C@H]2c2ccccc23)CC1. The van der Waals surface area contributed by atoms with Crippen molar-refractivity contribution in [1.29, 1.82) is 0 Å². The highest BCUT2D eigenvalue weighted by Gasteiger charge is 2.44. The first-order chi connectivity index (χ1) is 29.6. The Bertz CT molecular complexity index is 1690. The van der Waals surface area contributed by atoms with E-state index in [2.05, 4.69) is 79.6 Å². The van der Waals surface area contributed by atoms with Crippen LogP contribution in [0.4, 0.5) is 9.59 Å². The minimum Gasteiger partial charge on any atom is -0.490 e. The fourth-order valence-corrected chi connectivity index (χ4v) is 11.9. The second-order valence-corrected chi connectivity index (χ2v) is 18.6. The molecule has 0 unspecified atom stereocenters. The largest absolute Gasteiger partial charge is 0.490 e. The van der Waals surface area contributed by atoms with Crippen molar-refractivity contribution < 1.29 is 19.1 Å². The number of hydrogen-bond acceptors (Lipinski definition) is 6. The second kappa shape index (κ2) is 19.6. The summed E-state index contributed by atoms with van der Waals surface area (Å²) in [5.41, 5.74) is 6.28. The zero-order valence-corrected chi connectivity index (χ0v) is 35.6. The Balaban J connectivity index is 0.583. The maximum atomic E-state index is 12.7. The minimum absolute atomic E-state index is 0.0787. The van der Waals surface area contributed by atoms with Crippen LogP contribution in [0.2, 0.25) is 0 Å². The first-order valence-corrected chi connectivity index (χ1v) is 23.7. The van der Waals surface area contributed by atoms with Crippen LogP contribution >= 0.6 is 0 Å². The molecule has 322 valence electrons. The van der Waals surface area contributed by atoms with Gasteiger partial charge in [0.1, 0.15) is 0 Å². The van der Waals surface area contributed by atoms with Crippen molar-refractivity contribution in [1.82, 2.24) is 31.1 Å². The molecule has 9 rings (SSSR count). The van der Waals surface area contributed by atoms with Gasteiger partial charge in [-0.25, -0.2) is 9.59 Å². The average molecular weight is 817 g/mol. The molecule has 10 heteroatoms. The van der Waals surface area contributed by atoms with E-state index in [1.165, 1.54) is 77.3 Å². The molecule has 4 bridgehead atoms. The summed E-state index contributed by atoms with van der Waals surface area (Å²) in [7, 11) is 0. The lowest BCUT2D eigenvalue weighted by Crippen LogP contribution is -2.44. The molecule has 0 spiro atoms. The molecule has 60 heavy (non-hydrogen) atoms. The summed E-state index contributed by atoms with van der Waals surface area (Å²) in [4.78, 5) is 30.9. The maximum Gasteiger partial charge on any atom is 0.315 e. The lowest BCUT2D eigenvalue weighted by molar-refractivity contribution is 0.185. The van der Waals surface area contributed by atoms with Crippen LogP contribution in [0.1, 0.15) is 149 Å². The van der Waals surface area contributed by atoms with Crippen molar-refractivity contribution in [3.05, 3.63) is 95.1 Å². The molecule has 6 aliphatic rings. The molecule has 4 aliphatic heterocycles. The number of urea groups is 2. The predicted octanol–water partition coefficient (Wildman–Crippen LogP) is 9.50. The smallest absolute Gasteiger partial charge is 0.315 e. The van der Waals surface area contributed by atoms with Crippen LogP contribution in [0.25, 0.3) is 0 Å². The summed E-state index contributed by atoms with van der Waals surface area (Å²) in [6, 6.07) is 28.7. The highest BCUT2D eigenvalue weighted by Crippen LogP contribution is 2.54. The molecule has 2 aliphatic carbocycles. The van der Waals surface area contributed by atoms with E-state index >= 15 is 0 Å². The number of benzene rings is 3. The van der Waals surface area contributed by atoms with E-state index in [-0.39, 0.29) is 24.1 Å². The fraction of sp³-hybridized carbons (Fsp3) is 0.600. The molecule has 2 saturated carbocycles. The third-order valence-electron chi connectivity index (χ3n) is 15.0. The summed E-state index contributed by atoms with van der Waals surface area (Å²) in [5, 5.41) is 12.5. The summed E-state index contributed by atoms with van der Waals surface area (Å²) in [6.45, 7) is 4.45. The van der Waals surface area contributed by atoms with E-state index in [0.29, 0.717) is 74.8 Å². The number of rotatable bonds is 18. The van der Waals surface area contributed by atoms with Gasteiger partial charge in [0.25, 0.3) is 0 Å². The van der Waals surface area contributed by atoms with Crippen molar-refractivity contribution in [3.63, 3.8) is 0 Å². The molecule has 10 nitrogen and oxygen atoms in total. The lowest BCUT2D eigenvalue weighted by Gasteiger charge is -2.31. The summed E-state index contributed by atoms with van der Waals surface area (Å²) >= 11 is 0. The molecule has 4 amide bonds. The number of fused-ring (bicyclic) bond motifs is 10. The fourth-order valence-electron chi connectivity index (χ4n) is 11.9. The first kappa shape index (κ1) is 41.1. The van der Waals surface area contributed by atoms with Gasteiger partial charge in [0.15, 0.2) is 11.5 Å². The standard InChI is InChI=1S/C50H68N6O4/c57-49(53-37-19-15-35(16-20-37)27-31-55-43-23-24-44(55)40-10-2-1-9-39(40)43)51-29-7-33-59-47-13-5-6-14-48(47)60-34-8-30-52-50(58)54-38-21-17-36(18-22-38)28-32-56-45-25-26-46(56)42-12-4-3-11-41(42)45/h1-6,9-14,35-38,43-46H,7-8,15-34H2,(H2,51,53,57)(H2,52,54,58)/t35?,36?,37?,38?,43-,44+,45-,46+. The van der Waals surface area contributed by atoms with Gasteiger partial charge in [0, 0.05) is 49.3 Å². The highest BCUT2D eigenvalue weighted by atomic mass is 16.5. The van der Waals surface area contributed by atoms with Crippen molar-refractivity contribution in [2.75, 3.05) is 39.4 Å². The molecule has 0 radical (unpaired) electrons. The Hall–Kier alpha value is -4.28. The zero-order chi connectivity index (χ0) is 40.7. The number of nitrogens with one attached hydrogen (secondary N) is 4. The Morgan fingerprint density at radius 2 is 0.833 bits per heavy atom. The van der Waals surface area contributed by atoms with Crippen molar-refractivity contribution in [2.24, 2.45) is 11.8 Å². The van der Waals surface area contributed by atoms with Gasteiger partial charge in [0.2, 0.25) is 0 Å². The first-order valence-electron chi connectivity index (χ1n) is 23.7. The van der Waals surface area contributed by atoms with Crippen LogP contribution in [0.3, 0.4) is 0 Å². The van der Waals surface area contributed by atoms with Gasteiger partial charge in [-0.1, -0.05) is 60.7 Å². The molecule has 0 aromatic heterocycles. The number of carbonyl (C=O) groups is 2. The van der Waals surface area contributed by atoms with Crippen molar-refractivity contribution >= 4 is 12.1 Å². The van der Waals surface area contributed by atoms with Crippen LogP contribution in [-0.4, -0.2) is 73.3 Å². The van der Waals surface area contributed by atoms with E-state index in [1.54, 1.807) is 22.3 Å². The van der Waals surface area contributed by atoms with Crippen LogP contribution in [0.15, 0.2) is 72.8 Å². The molecule has 4 heterocycles. The Kier molecular flexibility index (Phi) is 13.4. The molecular weight excluding hydrogens is 749 g/mol. The molecule has 2 saturated heterocycles. The molecule has 4 fully saturated rings. The van der Waals surface area contributed by atoms with Crippen LogP contribution in [0.5, 0.6) is 11.5 Å². The normalized spacial score (nSPS) is 27.9. The Morgan fingerprint density at radius 1 is 0.483 bits per heavy atom. The highest BCUT2D eigenvalue weighted by molar-refractivity contribution is 5.74. The van der Waals surface area contributed by atoms with E-state index in [4.69, 9.17) is 9.47 Å². The van der Waals surface area contributed by atoms with E-state index in [1.807, 2.05) is 24.3 Å². The minimum atomic E-state index is -0.0787. The number of amides is 4. The number of para-hydroxylation sites is 2. The van der Waals surface area contributed by atoms with Gasteiger partial charge in [-0.3, -0.25) is 9.80 Å².